The van der Waals surface area contributed by atoms with Crippen LogP contribution in [0.25, 0.3) is 0 Å². The van der Waals surface area contributed by atoms with Crippen LogP contribution in [0.15, 0.2) is 0 Å². The molecule has 0 radical (unpaired) electrons. The van der Waals surface area contributed by atoms with Crippen molar-refractivity contribution in [2.24, 2.45) is 0 Å². The average Bonchev–Trinajstić information content (AvgIpc) is 2.50. The standard InChI is InChI=1S/C7H10N4S/c1-2-3-6-10-7(12-11-6)9-5-4-8/h2-3,5H2,1H3,(H,9,10,11). The number of rotatable bonds is 4. The van der Waals surface area contributed by atoms with Crippen molar-refractivity contribution in [2.45, 2.75) is 19.8 Å². The number of aryl methyl sites for hydroxylation is 1. The van der Waals surface area contributed by atoms with Crippen LogP contribution in [0.3, 0.4) is 0 Å². The van der Waals surface area contributed by atoms with Crippen molar-refractivity contribution in [1.82, 2.24) is 9.36 Å². The molecule has 12 heavy (non-hydrogen) atoms. The van der Waals surface area contributed by atoms with Gasteiger partial charge in [0.2, 0.25) is 5.13 Å². The molecule has 1 aromatic heterocycles. The summed E-state index contributed by atoms with van der Waals surface area (Å²) in [5.41, 5.74) is 0. The summed E-state index contributed by atoms with van der Waals surface area (Å²) in [5.74, 6) is 0.864. The zero-order chi connectivity index (χ0) is 8.81. The molecule has 1 N–H and O–H groups in total. The lowest BCUT2D eigenvalue weighted by Gasteiger charge is -1.90. The molecule has 5 heteroatoms. The molecular weight excluding hydrogens is 172 g/mol. The van der Waals surface area contributed by atoms with E-state index in [-0.39, 0.29) is 0 Å². The number of hydrogen-bond donors (Lipinski definition) is 1. The number of anilines is 1. The normalized spacial score (nSPS) is 9.33. The Hall–Kier alpha value is -1.15. The Kier molecular flexibility index (Phi) is 3.48. The molecule has 0 aliphatic heterocycles. The fraction of sp³-hybridized carbons (Fsp3) is 0.571. The summed E-state index contributed by atoms with van der Waals surface area (Å²) >= 11 is 1.31. The summed E-state index contributed by atoms with van der Waals surface area (Å²) in [6.45, 7) is 2.38. The summed E-state index contributed by atoms with van der Waals surface area (Å²) in [5, 5.41) is 11.9. The van der Waals surface area contributed by atoms with Crippen LogP contribution in [-0.4, -0.2) is 15.9 Å². The molecule has 0 fully saturated rings. The van der Waals surface area contributed by atoms with Gasteiger partial charge in [0.05, 0.1) is 6.07 Å². The van der Waals surface area contributed by atoms with E-state index in [4.69, 9.17) is 5.26 Å². The molecular formula is C7H10N4S. The van der Waals surface area contributed by atoms with Gasteiger partial charge in [-0.25, -0.2) is 4.98 Å². The quantitative estimate of drug-likeness (QED) is 0.715. The van der Waals surface area contributed by atoms with Crippen molar-refractivity contribution in [1.29, 1.82) is 5.26 Å². The van der Waals surface area contributed by atoms with Crippen LogP contribution in [0, 0.1) is 11.3 Å². The van der Waals surface area contributed by atoms with Crippen LogP contribution in [0.1, 0.15) is 19.2 Å². The zero-order valence-electron chi connectivity index (χ0n) is 6.87. The molecule has 1 aromatic rings. The Bertz CT molecular complexity index is 275. The molecule has 0 aliphatic carbocycles. The molecule has 4 nitrogen and oxygen atoms in total. The van der Waals surface area contributed by atoms with Gasteiger partial charge in [0.25, 0.3) is 0 Å². The molecule has 0 bridgehead atoms. The number of nitrogens with one attached hydrogen (secondary N) is 1. The summed E-state index contributed by atoms with van der Waals surface area (Å²) in [6, 6.07) is 1.99. The highest BCUT2D eigenvalue weighted by molar-refractivity contribution is 7.09. The minimum absolute atomic E-state index is 0.292. The van der Waals surface area contributed by atoms with Gasteiger partial charge < -0.3 is 5.32 Å². The van der Waals surface area contributed by atoms with E-state index in [0.29, 0.717) is 6.54 Å². The largest absolute Gasteiger partial charge is 0.347 e. The van der Waals surface area contributed by atoms with Crippen LogP contribution in [0.2, 0.25) is 0 Å². The molecule has 1 rings (SSSR count). The molecule has 0 spiro atoms. The SMILES string of the molecule is CCCc1nsc(NCC#N)n1. The highest BCUT2D eigenvalue weighted by atomic mass is 32.1. The Morgan fingerprint density at radius 3 is 3.17 bits per heavy atom. The molecule has 0 saturated heterocycles. The van der Waals surface area contributed by atoms with Gasteiger partial charge in [-0.15, -0.1) is 0 Å². The summed E-state index contributed by atoms with van der Waals surface area (Å²) < 4.78 is 4.12. The highest BCUT2D eigenvalue weighted by Gasteiger charge is 2.00. The summed E-state index contributed by atoms with van der Waals surface area (Å²) in [6.07, 6.45) is 1.96. The van der Waals surface area contributed by atoms with Crippen molar-refractivity contribution < 1.29 is 0 Å². The van der Waals surface area contributed by atoms with E-state index in [2.05, 4.69) is 21.6 Å². The first-order chi connectivity index (χ1) is 5.86. The molecule has 1 heterocycles. The topological polar surface area (TPSA) is 61.6 Å². The van der Waals surface area contributed by atoms with Crippen LogP contribution in [0.5, 0.6) is 0 Å². The van der Waals surface area contributed by atoms with Crippen LogP contribution >= 0.6 is 11.5 Å². The van der Waals surface area contributed by atoms with Crippen molar-refractivity contribution in [3.05, 3.63) is 5.82 Å². The maximum atomic E-state index is 8.28. The van der Waals surface area contributed by atoms with E-state index in [0.717, 1.165) is 23.8 Å². The first kappa shape index (κ1) is 8.94. The van der Waals surface area contributed by atoms with Gasteiger partial charge in [-0.05, 0) is 6.42 Å². The number of hydrogen-bond acceptors (Lipinski definition) is 5. The van der Waals surface area contributed by atoms with Gasteiger partial charge in [-0.3, -0.25) is 0 Å². The predicted molar refractivity (Wildman–Crippen MR) is 48.0 cm³/mol. The lowest BCUT2D eigenvalue weighted by atomic mass is 10.3. The molecule has 0 aliphatic rings. The van der Waals surface area contributed by atoms with Gasteiger partial charge >= 0.3 is 0 Å². The van der Waals surface area contributed by atoms with Gasteiger partial charge in [0.15, 0.2) is 0 Å². The predicted octanol–water partition coefficient (Wildman–Crippen LogP) is 1.43. The van der Waals surface area contributed by atoms with Crippen LogP contribution < -0.4 is 5.32 Å². The molecule has 0 saturated carbocycles. The third kappa shape index (κ3) is 2.47. The lowest BCUT2D eigenvalue weighted by Crippen LogP contribution is -1.97. The van der Waals surface area contributed by atoms with E-state index < -0.39 is 0 Å². The number of nitriles is 1. The smallest absolute Gasteiger partial charge is 0.203 e. The average molecular weight is 182 g/mol. The van der Waals surface area contributed by atoms with Gasteiger partial charge in [-0.2, -0.15) is 9.64 Å². The Morgan fingerprint density at radius 2 is 2.50 bits per heavy atom. The Labute approximate surface area is 75.4 Å². The fourth-order valence-electron chi connectivity index (χ4n) is 0.766. The third-order valence-corrected chi connectivity index (χ3v) is 1.97. The zero-order valence-corrected chi connectivity index (χ0v) is 7.69. The number of aromatic nitrogens is 2. The monoisotopic (exact) mass is 182 g/mol. The van der Waals surface area contributed by atoms with Crippen LogP contribution in [-0.2, 0) is 6.42 Å². The Balaban J connectivity index is 2.47. The second kappa shape index (κ2) is 4.67. The lowest BCUT2D eigenvalue weighted by molar-refractivity contribution is 0.862. The first-order valence-corrected chi connectivity index (χ1v) is 4.57. The molecule has 0 aromatic carbocycles. The maximum Gasteiger partial charge on any atom is 0.203 e. The van der Waals surface area contributed by atoms with Gasteiger partial charge in [0, 0.05) is 18.0 Å². The fourth-order valence-corrected chi connectivity index (χ4v) is 1.37. The van der Waals surface area contributed by atoms with Crippen molar-refractivity contribution in [2.75, 3.05) is 11.9 Å². The van der Waals surface area contributed by atoms with E-state index in [1.807, 2.05) is 6.07 Å². The second-order valence-electron chi connectivity index (χ2n) is 2.28. The third-order valence-electron chi connectivity index (χ3n) is 1.26. The van der Waals surface area contributed by atoms with E-state index in [1.165, 1.54) is 11.5 Å². The van der Waals surface area contributed by atoms with E-state index in [1.54, 1.807) is 0 Å². The Morgan fingerprint density at radius 1 is 1.67 bits per heavy atom. The number of nitrogens with zero attached hydrogens (tertiary/aromatic N) is 3. The van der Waals surface area contributed by atoms with Crippen LogP contribution in [0.4, 0.5) is 5.13 Å². The minimum Gasteiger partial charge on any atom is -0.347 e. The van der Waals surface area contributed by atoms with E-state index in [9.17, 15) is 0 Å². The van der Waals surface area contributed by atoms with Crippen molar-refractivity contribution in [3.63, 3.8) is 0 Å². The molecule has 0 unspecified atom stereocenters. The minimum atomic E-state index is 0.292. The molecule has 0 atom stereocenters. The van der Waals surface area contributed by atoms with E-state index >= 15 is 0 Å². The highest BCUT2D eigenvalue weighted by Crippen LogP contribution is 2.11. The molecule has 0 amide bonds. The van der Waals surface area contributed by atoms with Crippen molar-refractivity contribution in [3.8, 4) is 6.07 Å². The summed E-state index contributed by atoms with van der Waals surface area (Å²) in [4.78, 5) is 4.18. The second-order valence-corrected chi connectivity index (χ2v) is 3.03. The first-order valence-electron chi connectivity index (χ1n) is 3.80. The van der Waals surface area contributed by atoms with Gasteiger partial charge in [0.1, 0.15) is 12.4 Å². The summed E-state index contributed by atoms with van der Waals surface area (Å²) in [7, 11) is 0. The molecule has 64 valence electrons. The van der Waals surface area contributed by atoms with Gasteiger partial charge in [-0.1, -0.05) is 6.92 Å². The van der Waals surface area contributed by atoms with Crippen molar-refractivity contribution >= 4 is 16.7 Å². The maximum absolute atomic E-state index is 8.28.